The average molecular weight is 459 g/mol. The van der Waals surface area contributed by atoms with E-state index in [0.717, 1.165) is 17.4 Å². The van der Waals surface area contributed by atoms with E-state index in [-0.39, 0.29) is 29.0 Å². The Morgan fingerprint density at radius 1 is 0.844 bits per heavy atom. The third-order valence-corrected chi connectivity index (χ3v) is 6.90. The number of hydrogen-bond donors (Lipinski definition) is 0. The van der Waals surface area contributed by atoms with Crippen LogP contribution in [0.5, 0.6) is 0 Å². The van der Waals surface area contributed by atoms with Crippen molar-refractivity contribution in [3.8, 4) is 0 Å². The molecule has 0 aromatic heterocycles. The van der Waals surface area contributed by atoms with Gasteiger partial charge in [-0.2, -0.15) is 0 Å². The van der Waals surface area contributed by atoms with E-state index in [1.165, 1.54) is 30.3 Å². The van der Waals surface area contributed by atoms with E-state index >= 15 is 0 Å². The molecule has 6 nitrogen and oxygen atoms in total. The molecule has 3 rings (SSSR count). The van der Waals surface area contributed by atoms with E-state index in [9.17, 15) is 18.0 Å². The van der Waals surface area contributed by atoms with Gasteiger partial charge in [-0.05, 0) is 35.1 Å². The fraction of sp³-hybridized carbons (Fsp3) is 0.440. The first-order chi connectivity index (χ1) is 15.0. The van der Waals surface area contributed by atoms with Crippen LogP contribution in [-0.4, -0.2) is 36.5 Å². The number of benzene rings is 2. The van der Waals surface area contributed by atoms with Crippen LogP contribution >= 0.6 is 0 Å². The summed E-state index contributed by atoms with van der Waals surface area (Å²) in [6, 6.07) is 16.2. The smallest absolute Gasteiger partial charge is 0.266 e. The molecule has 0 radical (unpaired) electrons. The highest BCUT2D eigenvalue weighted by Gasteiger charge is 2.25. The molecule has 2 amide bonds. The van der Waals surface area contributed by atoms with Gasteiger partial charge in [-0.1, -0.05) is 70.2 Å². The molecule has 2 aromatic carbocycles. The molecule has 7 heteroatoms. The summed E-state index contributed by atoms with van der Waals surface area (Å²) in [6.45, 7) is 9.51. The second-order valence-corrected chi connectivity index (χ2v) is 10.9. The van der Waals surface area contributed by atoms with E-state index in [2.05, 4.69) is 26.0 Å². The Kier molecular flexibility index (Phi) is 9.01. The molecule has 0 N–H and O–H groups in total. The number of carbonyl (C=O) groups excluding carboxylic acids is 2. The van der Waals surface area contributed by atoms with Gasteiger partial charge >= 0.3 is 0 Å². The summed E-state index contributed by atoms with van der Waals surface area (Å²) in [5.41, 5.74) is 2.60. The Bertz CT molecular complexity index is 992. The summed E-state index contributed by atoms with van der Waals surface area (Å²) < 4.78 is 24.9. The minimum absolute atomic E-state index is 0.135. The standard InChI is InChI=1S/C13H17NO.C12H17NO3S/c1-10(2)7-13(15)14-8-11-5-3-4-6-12(11)9-14;1-10(2)9-12(14)13(3)17(15,16)11-7-5-4-6-8-11/h3-6,10H,7-9H2,1-2H3;4-8,10H,9H2,1-3H3. The van der Waals surface area contributed by atoms with Crippen LogP contribution in [0.2, 0.25) is 0 Å². The lowest BCUT2D eigenvalue weighted by Crippen LogP contribution is -2.33. The van der Waals surface area contributed by atoms with Crippen LogP contribution in [0.25, 0.3) is 0 Å². The first-order valence-corrected chi connectivity index (χ1v) is 12.4. The Hall–Kier alpha value is -2.67. The Balaban J connectivity index is 0.000000228. The third-order valence-electron chi connectivity index (χ3n) is 5.11. The van der Waals surface area contributed by atoms with Crippen molar-refractivity contribution in [3.05, 3.63) is 65.7 Å². The van der Waals surface area contributed by atoms with Crippen LogP contribution in [0.1, 0.15) is 51.7 Å². The zero-order valence-corrected chi connectivity index (χ0v) is 20.4. The number of amides is 2. The normalized spacial score (nSPS) is 12.9. The van der Waals surface area contributed by atoms with E-state index in [0.29, 0.717) is 12.3 Å². The van der Waals surface area contributed by atoms with E-state index in [4.69, 9.17) is 0 Å². The summed E-state index contributed by atoms with van der Waals surface area (Å²) in [4.78, 5) is 25.7. The van der Waals surface area contributed by atoms with Crippen molar-refractivity contribution in [3.63, 3.8) is 0 Å². The van der Waals surface area contributed by atoms with Gasteiger partial charge in [0, 0.05) is 33.0 Å². The van der Waals surface area contributed by atoms with E-state index < -0.39 is 10.0 Å². The maximum Gasteiger partial charge on any atom is 0.266 e. The summed E-state index contributed by atoms with van der Waals surface area (Å²) in [5, 5.41) is 0. The summed E-state index contributed by atoms with van der Waals surface area (Å²) >= 11 is 0. The number of carbonyl (C=O) groups is 2. The monoisotopic (exact) mass is 458 g/mol. The zero-order chi connectivity index (χ0) is 23.9. The molecule has 0 spiro atoms. The van der Waals surface area contributed by atoms with Crippen molar-refractivity contribution in [2.45, 2.75) is 58.5 Å². The fourth-order valence-corrected chi connectivity index (χ4v) is 4.51. The predicted molar refractivity (Wildman–Crippen MR) is 126 cm³/mol. The SMILES string of the molecule is CC(C)CC(=O)N(C)S(=O)(=O)c1ccccc1.CC(C)CC(=O)N1Cc2ccccc2C1. The molecule has 0 bridgehead atoms. The van der Waals surface area contributed by atoms with Gasteiger partial charge in [0.15, 0.2) is 0 Å². The van der Waals surface area contributed by atoms with Crippen molar-refractivity contribution in [2.75, 3.05) is 7.05 Å². The van der Waals surface area contributed by atoms with Crippen LogP contribution in [-0.2, 0) is 32.7 Å². The highest BCUT2D eigenvalue weighted by molar-refractivity contribution is 7.89. The molecule has 2 aromatic rings. The van der Waals surface area contributed by atoms with Crippen molar-refractivity contribution in [1.29, 1.82) is 0 Å². The molecule has 0 atom stereocenters. The largest absolute Gasteiger partial charge is 0.334 e. The second kappa shape index (κ2) is 11.3. The summed E-state index contributed by atoms with van der Waals surface area (Å²) in [6.07, 6.45) is 0.885. The van der Waals surface area contributed by atoms with Crippen molar-refractivity contribution < 1.29 is 18.0 Å². The Morgan fingerprint density at radius 3 is 1.78 bits per heavy atom. The van der Waals surface area contributed by atoms with Gasteiger partial charge in [-0.3, -0.25) is 9.59 Å². The maximum absolute atomic E-state index is 12.1. The number of sulfonamides is 1. The first kappa shape index (κ1) is 25.6. The molecule has 0 saturated heterocycles. The minimum Gasteiger partial charge on any atom is -0.334 e. The highest BCUT2D eigenvalue weighted by Crippen LogP contribution is 2.23. The maximum atomic E-state index is 12.1. The Morgan fingerprint density at radius 2 is 1.31 bits per heavy atom. The van der Waals surface area contributed by atoms with Crippen LogP contribution < -0.4 is 0 Å². The van der Waals surface area contributed by atoms with Crippen molar-refractivity contribution in [1.82, 2.24) is 9.21 Å². The molecule has 0 unspecified atom stereocenters. The molecule has 0 aliphatic carbocycles. The molecule has 1 aliphatic heterocycles. The summed E-state index contributed by atoms with van der Waals surface area (Å²) in [5.74, 6) is 0.474. The van der Waals surface area contributed by atoms with Gasteiger partial charge in [0.2, 0.25) is 11.8 Å². The quantitative estimate of drug-likeness (QED) is 0.641. The van der Waals surface area contributed by atoms with E-state index in [1.807, 2.05) is 30.9 Å². The highest BCUT2D eigenvalue weighted by atomic mass is 32.2. The minimum atomic E-state index is -3.70. The lowest BCUT2D eigenvalue weighted by molar-refractivity contribution is -0.132. The molecular weight excluding hydrogens is 424 g/mol. The number of nitrogens with zero attached hydrogens (tertiary/aromatic N) is 2. The summed E-state index contributed by atoms with van der Waals surface area (Å²) in [7, 11) is -2.40. The third kappa shape index (κ3) is 6.92. The van der Waals surface area contributed by atoms with Gasteiger partial charge < -0.3 is 4.90 Å². The van der Waals surface area contributed by atoms with Crippen molar-refractivity contribution >= 4 is 21.8 Å². The zero-order valence-electron chi connectivity index (χ0n) is 19.6. The van der Waals surface area contributed by atoms with Crippen LogP contribution in [0, 0.1) is 11.8 Å². The number of fused-ring (bicyclic) bond motifs is 1. The molecular formula is C25H34N2O4S. The van der Waals surface area contributed by atoms with Crippen molar-refractivity contribution in [2.24, 2.45) is 11.8 Å². The number of hydrogen-bond acceptors (Lipinski definition) is 4. The molecule has 0 saturated carbocycles. The average Bonchev–Trinajstić information content (AvgIpc) is 3.18. The molecule has 32 heavy (non-hydrogen) atoms. The lowest BCUT2D eigenvalue weighted by atomic mass is 10.1. The van der Waals surface area contributed by atoms with Crippen LogP contribution in [0.3, 0.4) is 0 Å². The molecule has 1 aliphatic rings. The fourth-order valence-electron chi connectivity index (χ4n) is 3.35. The van der Waals surface area contributed by atoms with Crippen LogP contribution in [0.15, 0.2) is 59.5 Å². The van der Waals surface area contributed by atoms with Gasteiger partial charge in [-0.25, -0.2) is 12.7 Å². The van der Waals surface area contributed by atoms with Gasteiger partial charge in [0.05, 0.1) is 4.90 Å². The molecule has 0 fully saturated rings. The second-order valence-electron chi connectivity index (χ2n) is 8.89. The topological polar surface area (TPSA) is 74.8 Å². The van der Waals surface area contributed by atoms with E-state index in [1.54, 1.807) is 18.2 Å². The first-order valence-electron chi connectivity index (χ1n) is 10.9. The van der Waals surface area contributed by atoms with Crippen LogP contribution in [0.4, 0.5) is 0 Å². The van der Waals surface area contributed by atoms with Gasteiger partial charge in [-0.15, -0.1) is 0 Å². The van der Waals surface area contributed by atoms with Gasteiger partial charge in [0.25, 0.3) is 10.0 Å². The van der Waals surface area contributed by atoms with Gasteiger partial charge in [0.1, 0.15) is 0 Å². The number of rotatable bonds is 6. The molecule has 1 heterocycles. The Labute approximate surface area is 192 Å². The predicted octanol–water partition coefficient (Wildman–Crippen LogP) is 4.45. The molecule has 174 valence electrons. The lowest BCUT2D eigenvalue weighted by Gasteiger charge is -2.18.